The highest BCUT2D eigenvalue weighted by Gasteiger charge is 2.14. The summed E-state index contributed by atoms with van der Waals surface area (Å²) in [5.41, 5.74) is 2.43. The highest BCUT2D eigenvalue weighted by atomic mass is 79.9. The van der Waals surface area contributed by atoms with E-state index < -0.39 is 0 Å². The first kappa shape index (κ1) is 14.3. The quantitative estimate of drug-likeness (QED) is 0.883. The summed E-state index contributed by atoms with van der Waals surface area (Å²) in [5.74, 6) is 0. The number of nitrogens with zero attached hydrogens (tertiary/aromatic N) is 2. The smallest absolute Gasteiger partial charge is 0.0797 e. The van der Waals surface area contributed by atoms with Crippen molar-refractivity contribution >= 4 is 15.9 Å². The molecule has 0 saturated carbocycles. The van der Waals surface area contributed by atoms with Gasteiger partial charge in [0.1, 0.15) is 0 Å². The molecule has 3 nitrogen and oxygen atoms in total. The highest BCUT2D eigenvalue weighted by molar-refractivity contribution is 9.10. The summed E-state index contributed by atoms with van der Waals surface area (Å²) in [6.07, 6.45) is 4.09. The maximum Gasteiger partial charge on any atom is 0.0797 e. The topological polar surface area (TPSA) is 29.9 Å². The molecule has 0 aliphatic carbocycles. The van der Waals surface area contributed by atoms with E-state index in [1.54, 1.807) is 0 Å². The van der Waals surface area contributed by atoms with E-state index in [4.69, 9.17) is 0 Å². The Morgan fingerprint density at radius 2 is 2.00 bits per heavy atom. The predicted molar refractivity (Wildman–Crippen MR) is 82.1 cm³/mol. The van der Waals surface area contributed by atoms with E-state index >= 15 is 0 Å². The molecule has 102 valence electrons. The molecule has 0 radical (unpaired) electrons. The molecule has 1 unspecified atom stereocenters. The number of aryl methyl sites for hydroxylation is 1. The van der Waals surface area contributed by atoms with Crippen molar-refractivity contribution in [3.63, 3.8) is 0 Å². The van der Waals surface area contributed by atoms with E-state index in [2.05, 4.69) is 63.6 Å². The van der Waals surface area contributed by atoms with Crippen LogP contribution in [-0.4, -0.2) is 16.3 Å². The van der Waals surface area contributed by atoms with Gasteiger partial charge in [-0.05, 0) is 43.1 Å². The molecule has 0 bridgehead atoms. The fourth-order valence-electron chi connectivity index (χ4n) is 2.07. The molecule has 19 heavy (non-hydrogen) atoms. The van der Waals surface area contributed by atoms with Crippen molar-refractivity contribution in [1.82, 2.24) is 15.1 Å². The molecule has 1 N–H and O–H groups in total. The number of hydrogen-bond donors (Lipinski definition) is 1. The van der Waals surface area contributed by atoms with Crippen LogP contribution in [0.2, 0.25) is 0 Å². The number of nitrogens with one attached hydrogen (secondary N) is 1. The summed E-state index contributed by atoms with van der Waals surface area (Å²) in [7, 11) is 1.96. The Labute approximate surface area is 123 Å². The Balaban J connectivity index is 2.11. The Hall–Kier alpha value is -1.13. The normalized spacial score (nSPS) is 12.6. The van der Waals surface area contributed by atoms with Crippen molar-refractivity contribution in [2.24, 2.45) is 7.05 Å². The third kappa shape index (κ3) is 4.18. The van der Waals surface area contributed by atoms with Crippen LogP contribution in [-0.2, 0) is 13.5 Å². The lowest BCUT2D eigenvalue weighted by molar-refractivity contribution is 0.511. The van der Waals surface area contributed by atoms with E-state index in [9.17, 15) is 0 Å². The standard InChI is InChI=1S/C15H20BrN3/c1-3-9-17-15(14-8-10-19(2)18-14)11-12-4-6-13(16)7-5-12/h4-8,10,15,17H,3,9,11H2,1-2H3. The second-order valence-corrected chi connectivity index (χ2v) is 5.67. The Morgan fingerprint density at radius 3 is 2.58 bits per heavy atom. The van der Waals surface area contributed by atoms with Gasteiger partial charge in [-0.2, -0.15) is 5.10 Å². The van der Waals surface area contributed by atoms with Crippen molar-refractivity contribution in [1.29, 1.82) is 0 Å². The van der Waals surface area contributed by atoms with Crippen molar-refractivity contribution in [3.8, 4) is 0 Å². The van der Waals surface area contributed by atoms with Gasteiger partial charge in [-0.15, -0.1) is 0 Å². The molecule has 1 aromatic carbocycles. The third-order valence-corrected chi connectivity index (χ3v) is 3.61. The number of aromatic nitrogens is 2. The van der Waals surface area contributed by atoms with Gasteiger partial charge in [-0.3, -0.25) is 4.68 Å². The van der Waals surface area contributed by atoms with Gasteiger partial charge in [0.2, 0.25) is 0 Å². The average molecular weight is 322 g/mol. The zero-order chi connectivity index (χ0) is 13.7. The van der Waals surface area contributed by atoms with Crippen LogP contribution < -0.4 is 5.32 Å². The molecule has 0 spiro atoms. The van der Waals surface area contributed by atoms with E-state index in [-0.39, 0.29) is 6.04 Å². The minimum absolute atomic E-state index is 0.280. The van der Waals surface area contributed by atoms with Crippen molar-refractivity contribution < 1.29 is 0 Å². The second-order valence-electron chi connectivity index (χ2n) is 4.75. The molecule has 1 atom stereocenters. The SMILES string of the molecule is CCCNC(Cc1ccc(Br)cc1)c1ccn(C)n1. The van der Waals surface area contributed by atoms with E-state index in [1.807, 2.05) is 17.9 Å². The summed E-state index contributed by atoms with van der Waals surface area (Å²) < 4.78 is 2.98. The van der Waals surface area contributed by atoms with Gasteiger partial charge >= 0.3 is 0 Å². The van der Waals surface area contributed by atoms with Crippen molar-refractivity contribution in [2.45, 2.75) is 25.8 Å². The fraction of sp³-hybridized carbons (Fsp3) is 0.400. The van der Waals surface area contributed by atoms with Gasteiger partial charge in [0.15, 0.2) is 0 Å². The third-order valence-electron chi connectivity index (χ3n) is 3.09. The molecule has 1 heterocycles. The van der Waals surface area contributed by atoms with Gasteiger partial charge in [-0.1, -0.05) is 35.0 Å². The molecule has 0 fully saturated rings. The molecule has 2 rings (SSSR count). The van der Waals surface area contributed by atoms with Crippen molar-refractivity contribution in [2.75, 3.05) is 6.54 Å². The zero-order valence-electron chi connectivity index (χ0n) is 11.4. The number of hydrogen-bond acceptors (Lipinski definition) is 2. The maximum absolute atomic E-state index is 4.52. The summed E-state index contributed by atoms with van der Waals surface area (Å²) in [5, 5.41) is 8.10. The number of rotatable bonds is 6. The van der Waals surface area contributed by atoms with Crippen molar-refractivity contribution in [3.05, 3.63) is 52.3 Å². The first-order chi connectivity index (χ1) is 9.19. The molecule has 2 aromatic rings. The fourth-order valence-corrected chi connectivity index (χ4v) is 2.34. The minimum Gasteiger partial charge on any atom is -0.308 e. The molecule has 0 aliphatic rings. The first-order valence-electron chi connectivity index (χ1n) is 6.66. The molecule has 4 heteroatoms. The second kappa shape index (κ2) is 6.87. The lowest BCUT2D eigenvalue weighted by Gasteiger charge is -2.16. The van der Waals surface area contributed by atoms with Gasteiger partial charge in [-0.25, -0.2) is 0 Å². The molecule has 0 amide bonds. The molecule has 0 aliphatic heterocycles. The molecule has 1 aromatic heterocycles. The number of halogens is 1. The number of benzene rings is 1. The lowest BCUT2D eigenvalue weighted by Crippen LogP contribution is -2.24. The van der Waals surface area contributed by atoms with Crippen LogP contribution in [0.4, 0.5) is 0 Å². The first-order valence-corrected chi connectivity index (χ1v) is 7.45. The van der Waals surface area contributed by atoms with E-state index in [1.165, 1.54) is 5.56 Å². The molecule has 0 saturated heterocycles. The van der Waals surface area contributed by atoms with Crippen LogP contribution in [0.15, 0.2) is 41.0 Å². The van der Waals surface area contributed by atoms with Crippen LogP contribution in [0, 0.1) is 0 Å². The Bertz CT molecular complexity index is 504. The van der Waals surface area contributed by atoms with E-state index in [0.29, 0.717) is 0 Å². The van der Waals surface area contributed by atoms with Crippen LogP contribution >= 0.6 is 15.9 Å². The maximum atomic E-state index is 4.52. The Kier molecular flexibility index (Phi) is 5.16. The summed E-state index contributed by atoms with van der Waals surface area (Å²) in [6, 6.07) is 10.9. The molecular weight excluding hydrogens is 302 g/mol. The van der Waals surface area contributed by atoms with Gasteiger partial charge in [0, 0.05) is 17.7 Å². The summed E-state index contributed by atoms with van der Waals surface area (Å²) in [4.78, 5) is 0. The van der Waals surface area contributed by atoms with Crippen LogP contribution in [0.25, 0.3) is 0 Å². The highest BCUT2D eigenvalue weighted by Crippen LogP contribution is 2.18. The predicted octanol–water partition coefficient (Wildman–Crippen LogP) is 3.47. The van der Waals surface area contributed by atoms with Gasteiger partial charge in [0.05, 0.1) is 11.7 Å². The van der Waals surface area contributed by atoms with Crippen LogP contribution in [0.5, 0.6) is 0 Å². The lowest BCUT2D eigenvalue weighted by atomic mass is 10.0. The summed E-state index contributed by atoms with van der Waals surface area (Å²) >= 11 is 3.47. The summed E-state index contributed by atoms with van der Waals surface area (Å²) in [6.45, 7) is 3.19. The van der Waals surface area contributed by atoms with Gasteiger partial charge < -0.3 is 5.32 Å². The zero-order valence-corrected chi connectivity index (χ0v) is 13.0. The average Bonchev–Trinajstić information content (AvgIpc) is 2.83. The van der Waals surface area contributed by atoms with Crippen LogP contribution in [0.3, 0.4) is 0 Å². The van der Waals surface area contributed by atoms with Gasteiger partial charge in [0.25, 0.3) is 0 Å². The van der Waals surface area contributed by atoms with Crippen LogP contribution in [0.1, 0.15) is 30.6 Å². The Morgan fingerprint density at radius 1 is 1.26 bits per heavy atom. The largest absolute Gasteiger partial charge is 0.308 e. The van der Waals surface area contributed by atoms with E-state index in [0.717, 1.165) is 29.6 Å². The molecular formula is C15H20BrN3. The minimum atomic E-state index is 0.280. The monoisotopic (exact) mass is 321 g/mol.